The monoisotopic (exact) mass is 402 g/mol. The van der Waals surface area contributed by atoms with Gasteiger partial charge in [-0.1, -0.05) is 0 Å². The molecule has 1 aliphatic heterocycles. The van der Waals surface area contributed by atoms with Crippen LogP contribution in [0.25, 0.3) is 0 Å². The number of rotatable bonds is 3. The summed E-state index contributed by atoms with van der Waals surface area (Å²) in [5.74, 6) is -0.691. The minimum Gasteiger partial charge on any atom is -0.452 e. The predicted molar refractivity (Wildman–Crippen MR) is 88.9 cm³/mol. The SMILES string of the molecule is C[C@@H]1CCCCN1C(=O)COC(=O)c1cc(I)ccc1N. The van der Waals surface area contributed by atoms with E-state index < -0.39 is 5.97 Å². The van der Waals surface area contributed by atoms with Gasteiger partial charge in [-0.05, 0) is 67.0 Å². The summed E-state index contributed by atoms with van der Waals surface area (Å²) in [4.78, 5) is 25.9. The molecule has 1 atom stereocenters. The van der Waals surface area contributed by atoms with Crippen LogP contribution in [0.1, 0.15) is 36.5 Å². The molecule has 0 unspecified atom stereocenters. The van der Waals surface area contributed by atoms with Crippen molar-refractivity contribution in [3.05, 3.63) is 27.3 Å². The summed E-state index contributed by atoms with van der Waals surface area (Å²) in [6.07, 6.45) is 3.15. The number of ether oxygens (including phenoxy) is 1. The second kappa shape index (κ2) is 7.11. The quantitative estimate of drug-likeness (QED) is 0.479. The normalized spacial score (nSPS) is 18.4. The topological polar surface area (TPSA) is 72.6 Å². The smallest absolute Gasteiger partial charge is 0.340 e. The van der Waals surface area contributed by atoms with Crippen LogP contribution in [0.5, 0.6) is 0 Å². The van der Waals surface area contributed by atoms with E-state index >= 15 is 0 Å². The van der Waals surface area contributed by atoms with Gasteiger partial charge in [0.25, 0.3) is 5.91 Å². The predicted octanol–water partition coefficient (Wildman–Crippen LogP) is 2.43. The van der Waals surface area contributed by atoms with Gasteiger partial charge in [-0.25, -0.2) is 4.79 Å². The number of benzene rings is 1. The fourth-order valence-corrected chi connectivity index (χ4v) is 2.95. The first kappa shape index (κ1) is 16.1. The number of nitrogen functional groups attached to an aromatic ring is 1. The molecule has 0 saturated carbocycles. The number of nitrogens with zero attached hydrogens (tertiary/aromatic N) is 1. The average Bonchev–Trinajstić information content (AvgIpc) is 2.47. The van der Waals surface area contributed by atoms with Crippen molar-refractivity contribution in [2.75, 3.05) is 18.9 Å². The van der Waals surface area contributed by atoms with Gasteiger partial charge in [-0.2, -0.15) is 0 Å². The molecule has 0 aliphatic carbocycles. The van der Waals surface area contributed by atoms with Crippen molar-refractivity contribution >= 4 is 40.2 Å². The zero-order valence-electron chi connectivity index (χ0n) is 12.0. The van der Waals surface area contributed by atoms with E-state index in [1.165, 1.54) is 0 Å². The van der Waals surface area contributed by atoms with E-state index in [2.05, 4.69) is 22.6 Å². The lowest BCUT2D eigenvalue weighted by molar-refractivity contribution is -0.137. The zero-order valence-corrected chi connectivity index (χ0v) is 14.1. The third-order valence-electron chi connectivity index (χ3n) is 3.69. The Morgan fingerprint density at radius 2 is 2.19 bits per heavy atom. The maximum absolute atomic E-state index is 12.1. The number of piperidine rings is 1. The summed E-state index contributed by atoms with van der Waals surface area (Å²) in [5, 5.41) is 0. The highest BCUT2D eigenvalue weighted by atomic mass is 127. The molecule has 0 radical (unpaired) electrons. The van der Waals surface area contributed by atoms with Crippen molar-refractivity contribution in [1.29, 1.82) is 0 Å². The molecule has 0 bridgehead atoms. The van der Waals surface area contributed by atoms with Crippen LogP contribution in [0.15, 0.2) is 18.2 Å². The standard InChI is InChI=1S/C15H19IN2O3/c1-10-4-2-3-7-18(10)14(19)9-21-15(20)12-8-11(16)5-6-13(12)17/h5-6,8,10H,2-4,7,9,17H2,1H3/t10-/m1/s1. The second-order valence-corrected chi connectivity index (χ2v) is 6.49. The van der Waals surface area contributed by atoms with Gasteiger partial charge in [-0.3, -0.25) is 4.79 Å². The lowest BCUT2D eigenvalue weighted by atomic mass is 10.0. The third-order valence-corrected chi connectivity index (χ3v) is 4.36. The highest BCUT2D eigenvalue weighted by molar-refractivity contribution is 14.1. The number of hydrogen-bond acceptors (Lipinski definition) is 4. The van der Waals surface area contributed by atoms with Gasteiger partial charge in [0.1, 0.15) is 0 Å². The Hall–Kier alpha value is -1.31. The Kier molecular flexibility index (Phi) is 5.44. The van der Waals surface area contributed by atoms with Crippen molar-refractivity contribution in [1.82, 2.24) is 4.90 Å². The summed E-state index contributed by atoms with van der Waals surface area (Å²) in [5.41, 5.74) is 6.43. The van der Waals surface area contributed by atoms with Crippen molar-refractivity contribution in [2.24, 2.45) is 0 Å². The molecule has 1 aliphatic rings. The fraction of sp³-hybridized carbons (Fsp3) is 0.467. The van der Waals surface area contributed by atoms with E-state index in [0.717, 1.165) is 29.4 Å². The van der Waals surface area contributed by atoms with Gasteiger partial charge in [-0.15, -0.1) is 0 Å². The molecule has 5 nitrogen and oxygen atoms in total. The molecule has 1 aromatic carbocycles. The summed E-state index contributed by atoms with van der Waals surface area (Å²) in [6, 6.07) is 5.35. The Morgan fingerprint density at radius 3 is 2.90 bits per heavy atom. The number of anilines is 1. The lowest BCUT2D eigenvalue weighted by Gasteiger charge is -2.33. The molecule has 114 valence electrons. The third kappa shape index (κ3) is 4.09. The van der Waals surface area contributed by atoms with Gasteiger partial charge in [0.2, 0.25) is 0 Å². The first-order valence-electron chi connectivity index (χ1n) is 7.00. The first-order chi connectivity index (χ1) is 9.99. The minimum atomic E-state index is -0.552. The largest absolute Gasteiger partial charge is 0.452 e. The number of likely N-dealkylation sites (tertiary alicyclic amines) is 1. The van der Waals surface area contributed by atoms with Crippen molar-refractivity contribution in [2.45, 2.75) is 32.2 Å². The highest BCUT2D eigenvalue weighted by Gasteiger charge is 2.24. The molecular formula is C15H19IN2O3. The molecule has 2 rings (SSSR count). The van der Waals surface area contributed by atoms with Crippen molar-refractivity contribution in [3.63, 3.8) is 0 Å². The van der Waals surface area contributed by atoms with Crippen molar-refractivity contribution < 1.29 is 14.3 Å². The number of carbonyl (C=O) groups is 2. The van der Waals surface area contributed by atoms with E-state index in [-0.39, 0.29) is 18.6 Å². The van der Waals surface area contributed by atoms with Crippen LogP contribution < -0.4 is 5.73 Å². The number of esters is 1. The minimum absolute atomic E-state index is 0.139. The number of nitrogens with two attached hydrogens (primary N) is 1. The maximum Gasteiger partial charge on any atom is 0.340 e. The lowest BCUT2D eigenvalue weighted by Crippen LogP contribution is -2.44. The van der Waals surface area contributed by atoms with Gasteiger partial charge < -0.3 is 15.4 Å². The Bertz CT molecular complexity index is 548. The molecule has 2 N–H and O–H groups in total. The molecule has 1 amide bonds. The van der Waals surface area contributed by atoms with Gasteiger partial charge in [0.05, 0.1) is 5.56 Å². The Labute approximate surface area is 138 Å². The summed E-state index contributed by atoms with van der Waals surface area (Å²) in [6.45, 7) is 2.54. The zero-order chi connectivity index (χ0) is 15.4. The fourth-order valence-electron chi connectivity index (χ4n) is 2.46. The summed E-state index contributed by atoms with van der Waals surface area (Å²) >= 11 is 2.10. The van der Waals surface area contributed by atoms with Crippen LogP contribution in [-0.4, -0.2) is 36.0 Å². The number of amides is 1. The van der Waals surface area contributed by atoms with Gasteiger partial charge >= 0.3 is 5.97 Å². The molecule has 1 heterocycles. The maximum atomic E-state index is 12.1. The number of carbonyl (C=O) groups excluding carboxylic acids is 2. The van der Waals surface area contributed by atoms with Gasteiger partial charge in [0, 0.05) is 21.8 Å². The van der Waals surface area contributed by atoms with Crippen LogP contribution in [0.3, 0.4) is 0 Å². The van der Waals surface area contributed by atoms with Crippen LogP contribution in [0.4, 0.5) is 5.69 Å². The molecular weight excluding hydrogens is 383 g/mol. The number of hydrogen-bond donors (Lipinski definition) is 1. The van der Waals surface area contributed by atoms with Crippen molar-refractivity contribution in [3.8, 4) is 0 Å². The Morgan fingerprint density at radius 1 is 1.43 bits per heavy atom. The van der Waals surface area contributed by atoms with E-state index in [1.807, 2.05) is 13.0 Å². The van der Waals surface area contributed by atoms with Crippen LogP contribution in [-0.2, 0) is 9.53 Å². The molecule has 6 heteroatoms. The van der Waals surface area contributed by atoms with Crippen LogP contribution in [0, 0.1) is 3.57 Å². The van der Waals surface area contributed by atoms with Crippen LogP contribution >= 0.6 is 22.6 Å². The van der Waals surface area contributed by atoms with Gasteiger partial charge in [0.15, 0.2) is 6.61 Å². The molecule has 1 aromatic rings. The average molecular weight is 402 g/mol. The first-order valence-corrected chi connectivity index (χ1v) is 8.08. The molecule has 21 heavy (non-hydrogen) atoms. The summed E-state index contributed by atoms with van der Waals surface area (Å²) in [7, 11) is 0. The van der Waals surface area contributed by atoms with Crippen LogP contribution in [0.2, 0.25) is 0 Å². The molecule has 0 aromatic heterocycles. The highest BCUT2D eigenvalue weighted by Crippen LogP contribution is 2.18. The summed E-state index contributed by atoms with van der Waals surface area (Å²) < 4.78 is 6.01. The Balaban J connectivity index is 1.94. The molecule has 0 spiro atoms. The number of halogens is 1. The molecule has 1 saturated heterocycles. The van der Waals surface area contributed by atoms with E-state index in [1.54, 1.807) is 17.0 Å². The molecule has 1 fully saturated rings. The second-order valence-electron chi connectivity index (χ2n) is 5.24. The van der Waals surface area contributed by atoms with E-state index in [0.29, 0.717) is 11.3 Å². The van der Waals surface area contributed by atoms with E-state index in [9.17, 15) is 9.59 Å². The van der Waals surface area contributed by atoms with E-state index in [4.69, 9.17) is 10.5 Å².